The molecule has 0 unspecified atom stereocenters. The lowest BCUT2D eigenvalue weighted by atomic mass is 9.90. The van der Waals surface area contributed by atoms with Crippen molar-refractivity contribution in [1.82, 2.24) is 10.0 Å². The molecule has 6 heteroatoms. The maximum absolute atomic E-state index is 12.3. The van der Waals surface area contributed by atoms with E-state index in [-0.39, 0.29) is 0 Å². The molecule has 0 aliphatic heterocycles. The van der Waals surface area contributed by atoms with E-state index in [1.54, 1.807) is 11.4 Å². The van der Waals surface area contributed by atoms with Gasteiger partial charge in [0.2, 0.25) is 10.0 Å². The minimum absolute atomic E-state index is 0.400. The van der Waals surface area contributed by atoms with Gasteiger partial charge in [0.1, 0.15) is 0 Å². The average molecular weight is 331 g/mol. The van der Waals surface area contributed by atoms with Crippen LogP contribution in [0.15, 0.2) is 16.3 Å². The Labute approximate surface area is 132 Å². The van der Waals surface area contributed by atoms with E-state index in [4.69, 9.17) is 0 Å². The van der Waals surface area contributed by atoms with Gasteiger partial charge in [-0.3, -0.25) is 0 Å². The van der Waals surface area contributed by atoms with Gasteiger partial charge in [-0.05, 0) is 24.8 Å². The summed E-state index contributed by atoms with van der Waals surface area (Å²) in [5.41, 5.74) is 0. The molecule has 21 heavy (non-hydrogen) atoms. The molecule has 0 saturated heterocycles. The van der Waals surface area contributed by atoms with Gasteiger partial charge in [-0.25, -0.2) is 13.1 Å². The van der Waals surface area contributed by atoms with Gasteiger partial charge in [0.05, 0.1) is 4.90 Å². The van der Waals surface area contributed by atoms with E-state index >= 15 is 0 Å². The van der Waals surface area contributed by atoms with Crippen molar-refractivity contribution in [1.29, 1.82) is 0 Å². The first kappa shape index (κ1) is 16.9. The summed E-state index contributed by atoms with van der Waals surface area (Å²) in [7, 11) is -3.34. The molecule has 0 bridgehead atoms. The van der Waals surface area contributed by atoms with Gasteiger partial charge in [0.25, 0.3) is 0 Å². The fraction of sp³-hybridized carbons (Fsp3) is 0.733. The number of hydrogen-bond acceptors (Lipinski definition) is 4. The lowest BCUT2D eigenvalue weighted by Crippen LogP contribution is -2.30. The molecular weight excluding hydrogens is 304 g/mol. The van der Waals surface area contributed by atoms with Gasteiger partial charge in [-0.1, -0.05) is 33.1 Å². The summed E-state index contributed by atoms with van der Waals surface area (Å²) in [6, 6.07) is 2.18. The van der Waals surface area contributed by atoms with Crippen LogP contribution in [0.25, 0.3) is 0 Å². The third-order valence-electron chi connectivity index (χ3n) is 3.91. The van der Waals surface area contributed by atoms with Crippen LogP contribution in [-0.4, -0.2) is 21.0 Å². The highest BCUT2D eigenvalue weighted by molar-refractivity contribution is 7.89. The monoisotopic (exact) mass is 330 g/mol. The second-order valence-corrected chi connectivity index (χ2v) is 8.90. The van der Waals surface area contributed by atoms with Gasteiger partial charge in [-0.2, -0.15) is 0 Å². The smallest absolute Gasteiger partial charge is 0.241 e. The summed E-state index contributed by atoms with van der Waals surface area (Å²) >= 11 is 1.50. The predicted molar refractivity (Wildman–Crippen MR) is 88.1 cm³/mol. The van der Waals surface area contributed by atoms with Crippen molar-refractivity contribution < 1.29 is 8.42 Å². The van der Waals surface area contributed by atoms with Crippen molar-refractivity contribution in [2.24, 2.45) is 5.92 Å². The summed E-state index contributed by atoms with van der Waals surface area (Å²) in [4.78, 5) is 1.46. The lowest BCUT2D eigenvalue weighted by molar-refractivity contribution is 0.357. The van der Waals surface area contributed by atoms with Crippen LogP contribution < -0.4 is 10.0 Å². The molecule has 1 aliphatic rings. The van der Waals surface area contributed by atoms with Crippen molar-refractivity contribution in [3.8, 4) is 0 Å². The molecule has 0 spiro atoms. The molecule has 0 atom stereocenters. The second-order valence-electron chi connectivity index (χ2n) is 6.14. The molecule has 1 aromatic rings. The second kappa shape index (κ2) is 7.72. The first-order valence-corrected chi connectivity index (χ1v) is 10.1. The zero-order valence-electron chi connectivity index (χ0n) is 12.9. The van der Waals surface area contributed by atoms with Gasteiger partial charge in [-0.15, -0.1) is 11.3 Å². The molecule has 1 aromatic heterocycles. The summed E-state index contributed by atoms with van der Waals surface area (Å²) in [5.74, 6) is 0.509. The number of hydrogen-bond donors (Lipinski definition) is 2. The Balaban J connectivity index is 1.89. The minimum Gasteiger partial charge on any atom is -0.310 e. The number of sulfonamides is 1. The molecule has 1 fully saturated rings. The summed E-state index contributed by atoms with van der Waals surface area (Å²) < 4.78 is 27.4. The van der Waals surface area contributed by atoms with Crippen LogP contribution in [-0.2, 0) is 16.6 Å². The van der Waals surface area contributed by atoms with E-state index in [1.165, 1.54) is 30.6 Å². The lowest BCUT2D eigenvalue weighted by Gasteiger charge is -2.21. The third kappa shape index (κ3) is 5.36. The van der Waals surface area contributed by atoms with Crippen LogP contribution in [0.1, 0.15) is 50.8 Å². The normalized spacial score (nSPS) is 17.5. The topological polar surface area (TPSA) is 58.2 Å². The molecule has 0 amide bonds. The van der Waals surface area contributed by atoms with E-state index in [0.717, 1.165) is 24.3 Å². The predicted octanol–water partition coefficient (Wildman–Crippen LogP) is 3.10. The highest BCUT2D eigenvalue weighted by atomic mass is 32.2. The Hall–Kier alpha value is -0.430. The van der Waals surface area contributed by atoms with Crippen molar-refractivity contribution in [2.45, 2.75) is 63.4 Å². The van der Waals surface area contributed by atoms with Gasteiger partial charge < -0.3 is 5.32 Å². The third-order valence-corrected chi connectivity index (χ3v) is 6.40. The molecule has 2 rings (SSSR count). The van der Waals surface area contributed by atoms with Crippen LogP contribution in [0.3, 0.4) is 0 Å². The van der Waals surface area contributed by atoms with Crippen LogP contribution in [0.5, 0.6) is 0 Å². The van der Waals surface area contributed by atoms with E-state index in [0.29, 0.717) is 23.4 Å². The first-order chi connectivity index (χ1) is 9.97. The van der Waals surface area contributed by atoms with Crippen molar-refractivity contribution >= 4 is 21.4 Å². The van der Waals surface area contributed by atoms with Crippen LogP contribution >= 0.6 is 11.3 Å². The largest absolute Gasteiger partial charge is 0.310 e. The number of thiophene rings is 1. The Morgan fingerprint density at radius 3 is 2.67 bits per heavy atom. The van der Waals surface area contributed by atoms with E-state index in [9.17, 15) is 8.42 Å². The standard InChI is InChI=1S/C15H26N2O2S2/c1-12(2)16-10-14-8-15(11-20-14)21(18,19)17-9-13-6-4-3-5-7-13/h8,11-13,16-17H,3-7,9-10H2,1-2H3. The summed E-state index contributed by atoms with van der Waals surface area (Å²) in [5, 5.41) is 5.04. The van der Waals surface area contributed by atoms with Crippen molar-refractivity contribution in [3.63, 3.8) is 0 Å². The van der Waals surface area contributed by atoms with Crippen LogP contribution in [0, 0.1) is 5.92 Å². The maximum Gasteiger partial charge on any atom is 0.241 e. The van der Waals surface area contributed by atoms with Gasteiger partial charge >= 0.3 is 0 Å². The van der Waals surface area contributed by atoms with E-state index in [2.05, 4.69) is 23.9 Å². The summed E-state index contributed by atoms with van der Waals surface area (Å²) in [6.45, 7) is 5.46. The molecule has 4 nitrogen and oxygen atoms in total. The quantitative estimate of drug-likeness (QED) is 0.807. The minimum atomic E-state index is -3.34. The van der Waals surface area contributed by atoms with Crippen LogP contribution in [0.4, 0.5) is 0 Å². The molecule has 0 radical (unpaired) electrons. The molecular formula is C15H26N2O2S2. The highest BCUT2D eigenvalue weighted by Crippen LogP contribution is 2.24. The number of rotatable bonds is 7. The Kier molecular flexibility index (Phi) is 6.22. The Bertz CT molecular complexity index is 532. The zero-order chi connectivity index (χ0) is 15.3. The highest BCUT2D eigenvalue weighted by Gasteiger charge is 2.20. The Morgan fingerprint density at radius 1 is 1.29 bits per heavy atom. The zero-order valence-corrected chi connectivity index (χ0v) is 14.5. The van der Waals surface area contributed by atoms with Crippen LogP contribution in [0.2, 0.25) is 0 Å². The molecule has 0 aromatic carbocycles. The SMILES string of the molecule is CC(C)NCc1cc(S(=O)(=O)NCC2CCCCC2)cs1. The number of nitrogens with one attached hydrogen (secondary N) is 2. The van der Waals surface area contributed by atoms with Gasteiger partial charge in [0, 0.05) is 29.4 Å². The van der Waals surface area contributed by atoms with E-state index in [1.807, 2.05) is 0 Å². The van der Waals surface area contributed by atoms with Crippen molar-refractivity contribution in [2.75, 3.05) is 6.54 Å². The fourth-order valence-electron chi connectivity index (χ4n) is 2.60. The summed E-state index contributed by atoms with van der Waals surface area (Å²) in [6.07, 6.45) is 6.05. The fourth-order valence-corrected chi connectivity index (χ4v) is 4.94. The molecule has 2 N–H and O–H groups in total. The van der Waals surface area contributed by atoms with E-state index < -0.39 is 10.0 Å². The Morgan fingerprint density at radius 2 is 2.00 bits per heavy atom. The first-order valence-electron chi connectivity index (χ1n) is 7.78. The van der Waals surface area contributed by atoms with Crippen molar-refractivity contribution in [3.05, 3.63) is 16.3 Å². The maximum atomic E-state index is 12.3. The molecule has 120 valence electrons. The average Bonchev–Trinajstić information content (AvgIpc) is 2.94. The molecule has 1 heterocycles. The molecule has 1 aliphatic carbocycles. The van der Waals surface area contributed by atoms with Gasteiger partial charge in [0.15, 0.2) is 0 Å². The molecule has 1 saturated carbocycles.